The smallest absolute Gasteiger partial charge is 0.217 e. The Balaban J connectivity index is 1.61. The fourth-order valence-electron chi connectivity index (χ4n) is 2.87. The molecule has 2 aromatic carbocycles. The van der Waals surface area contributed by atoms with Gasteiger partial charge in [0.15, 0.2) is 5.69 Å². The molecule has 0 unspecified atom stereocenters. The molecular formula is C18H11Cl2N7S. The molecule has 5 aromatic rings. The maximum absolute atomic E-state index is 6.30. The number of rotatable bonds is 3. The van der Waals surface area contributed by atoms with Gasteiger partial charge in [0.05, 0.1) is 16.4 Å². The van der Waals surface area contributed by atoms with Crippen molar-refractivity contribution in [3.63, 3.8) is 0 Å². The van der Waals surface area contributed by atoms with Gasteiger partial charge < -0.3 is 0 Å². The predicted octanol–water partition coefficient (Wildman–Crippen LogP) is 4.72. The van der Waals surface area contributed by atoms with Gasteiger partial charge in [-0.15, -0.1) is 15.3 Å². The van der Waals surface area contributed by atoms with Gasteiger partial charge in [-0.3, -0.25) is 0 Å². The molecule has 0 atom stereocenters. The molecule has 0 aliphatic carbocycles. The molecule has 0 aliphatic heterocycles. The molecule has 28 heavy (non-hydrogen) atoms. The molecule has 0 fully saturated rings. The summed E-state index contributed by atoms with van der Waals surface area (Å²) >= 11 is 13.7. The SMILES string of the molecule is Cc1c(-c2nnc3sc(-c4ccccc4Cl)nn23)nnn1-c1ccc(Cl)cc1. The van der Waals surface area contributed by atoms with Crippen LogP contribution in [0.5, 0.6) is 0 Å². The van der Waals surface area contributed by atoms with E-state index in [0.717, 1.165) is 22.0 Å². The van der Waals surface area contributed by atoms with E-state index in [0.29, 0.717) is 26.5 Å². The van der Waals surface area contributed by atoms with Gasteiger partial charge >= 0.3 is 0 Å². The maximum Gasteiger partial charge on any atom is 0.235 e. The molecular weight excluding hydrogens is 417 g/mol. The van der Waals surface area contributed by atoms with Crippen molar-refractivity contribution >= 4 is 39.5 Å². The molecule has 0 spiro atoms. The van der Waals surface area contributed by atoms with E-state index < -0.39 is 0 Å². The highest BCUT2D eigenvalue weighted by Gasteiger charge is 2.21. The van der Waals surface area contributed by atoms with E-state index in [9.17, 15) is 0 Å². The summed E-state index contributed by atoms with van der Waals surface area (Å²) in [5.41, 5.74) is 3.14. The van der Waals surface area contributed by atoms with Crippen LogP contribution in [0.2, 0.25) is 10.0 Å². The Morgan fingerprint density at radius 3 is 2.50 bits per heavy atom. The molecule has 10 heteroatoms. The lowest BCUT2D eigenvalue weighted by Crippen LogP contribution is -1.99. The summed E-state index contributed by atoms with van der Waals surface area (Å²) in [7, 11) is 0. The number of hydrogen-bond acceptors (Lipinski definition) is 6. The molecule has 3 heterocycles. The van der Waals surface area contributed by atoms with Crippen LogP contribution in [0.3, 0.4) is 0 Å². The van der Waals surface area contributed by atoms with Crippen molar-refractivity contribution in [2.45, 2.75) is 6.92 Å². The van der Waals surface area contributed by atoms with Gasteiger partial charge in [-0.2, -0.15) is 9.61 Å². The zero-order valence-electron chi connectivity index (χ0n) is 14.4. The summed E-state index contributed by atoms with van der Waals surface area (Å²) in [6, 6.07) is 14.9. The minimum atomic E-state index is 0.530. The molecule has 7 nitrogen and oxygen atoms in total. The monoisotopic (exact) mass is 427 g/mol. The van der Waals surface area contributed by atoms with E-state index >= 15 is 0 Å². The van der Waals surface area contributed by atoms with Gasteiger partial charge in [-0.1, -0.05) is 58.0 Å². The van der Waals surface area contributed by atoms with Crippen molar-refractivity contribution in [1.82, 2.24) is 34.8 Å². The standard InChI is InChI=1S/C18H11Cl2N7S/c1-10-15(21-25-26(10)12-8-6-11(19)7-9-12)16-22-23-18-27(16)24-17(28-18)13-4-2-3-5-14(13)20/h2-9H,1H3. The molecule has 138 valence electrons. The summed E-state index contributed by atoms with van der Waals surface area (Å²) in [6.45, 7) is 1.92. The molecule has 0 aliphatic rings. The molecule has 0 amide bonds. The Morgan fingerprint density at radius 2 is 1.71 bits per heavy atom. The van der Waals surface area contributed by atoms with E-state index in [2.05, 4.69) is 25.6 Å². The number of nitrogens with zero attached hydrogens (tertiary/aromatic N) is 7. The van der Waals surface area contributed by atoms with Crippen LogP contribution < -0.4 is 0 Å². The van der Waals surface area contributed by atoms with Crippen LogP contribution in [0.25, 0.3) is 32.7 Å². The van der Waals surface area contributed by atoms with Crippen LogP contribution in [0, 0.1) is 6.92 Å². The third-order valence-corrected chi connectivity index (χ3v) is 5.79. The van der Waals surface area contributed by atoms with Crippen LogP contribution in [0.15, 0.2) is 48.5 Å². The first kappa shape index (κ1) is 17.3. The predicted molar refractivity (Wildman–Crippen MR) is 109 cm³/mol. The summed E-state index contributed by atoms with van der Waals surface area (Å²) in [5, 5.41) is 23.8. The van der Waals surface area contributed by atoms with Crippen LogP contribution >= 0.6 is 34.5 Å². The minimum absolute atomic E-state index is 0.530. The number of benzene rings is 2. The third kappa shape index (κ3) is 2.77. The lowest BCUT2D eigenvalue weighted by Gasteiger charge is -2.03. The van der Waals surface area contributed by atoms with Crippen molar-refractivity contribution < 1.29 is 0 Å². The number of aromatic nitrogens is 7. The lowest BCUT2D eigenvalue weighted by atomic mass is 10.2. The topological polar surface area (TPSA) is 73.8 Å². The minimum Gasteiger partial charge on any atom is -0.217 e. The largest absolute Gasteiger partial charge is 0.235 e. The highest BCUT2D eigenvalue weighted by molar-refractivity contribution is 7.19. The lowest BCUT2D eigenvalue weighted by molar-refractivity contribution is 0.785. The van der Waals surface area contributed by atoms with Gasteiger partial charge in [0.1, 0.15) is 5.01 Å². The summed E-state index contributed by atoms with van der Waals surface area (Å²) < 4.78 is 3.40. The molecule has 5 rings (SSSR count). The Bertz CT molecular complexity index is 1300. The van der Waals surface area contributed by atoms with Crippen molar-refractivity contribution in [2.75, 3.05) is 0 Å². The highest BCUT2D eigenvalue weighted by atomic mass is 35.5. The Labute approximate surface area is 173 Å². The van der Waals surface area contributed by atoms with Crippen LogP contribution in [-0.4, -0.2) is 34.8 Å². The molecule has 0 radical (unpaired) electrons. The second kappa shape index (κ2) is 6.66. The second-order valence-electron chi connectivity index (χ2n) is 6.02. The van der Waals surface area contributed by atoms with E-state index in [1.807, 2.05) is 55.5 Å². The van der Waals surface area contributed by atoms with Gasteiger partial charge in [-0.05, 0) is 37.3 Å². The summed E-state index contributed by atoms with van der Waals surface area (Å²) in [5.74, 6) is 0.530. The zero-order valence-corrected chi connectivity index (χ0v) is 16.7. The number of hydrogen-bond donors (Lipinski definition) is 0. The van der Waals surface area contributed by atoms with Gasteiger partial charge in [0, 0.05) is 10.6 Å². The Kier molecular flexibility index (Phi) is 4.12. The zero-order chi connectivity index (χ0) is 19.3. The average molecular weight is 428 g/mol. The number of fused-ring (bicyclic) bond motifs is 1. The van der Waals surface area contributed by atoms with Crippen LogP contribution in [0.1, 0.15) is 5.69 Å². The molecule has 3 aromatic heterocycles. The van der Waals surface area contributed by atoms with Crippen molar-refractivity contribution in [3.05, 3.63) is 64.3 Å². The van der Waals surface area contributed by atoms with E-state index in [-0.39, 0.29) is 0 Å². The Hall–Kier alpha value is -2.81. The highest BCUT2D eigenvalue weighted by Crippen LogP contribution is 2.32. The molecule has 0 N–H and O–H groups in total. The van der Waals surface area contributed by atoms with Gasteiger partial charge in [0.2, 0.25) is 10.8 Å². The average Bonchev–Trinajstić information content (AvgIpc) is 3.37. The first-order valence-electron chi connectivity index (χ1n) is 8.27. The van der Waals surface area contributed by atoms with E-state index in [1.165, 1.54) is 11.3 Å². The Morgan fingerprint density at radius 1 is 0.929 bits per heavy atom. The first-order chi connectivity index (χ1) is 13.6. The van der Waals surface area contributed by atoms with Gasteiger partial charge in [0.25, 0.3) is 0 Å². The molecule has 0 saturated heterocycles. The second-order valence-corrected chi connectivity index (χ2v) is 7.82. The summed E-state index contributed by atoms with van der Waals surface area (Å²) in [6.07, 6.45) is 0. The van der Waals surface area contributed by atoms with Crippen LogP contribution in [0.4, 0.5) is 0 Å². The normalized spacial score (nSPS) is 11.4. The van der Waals surface area contributed by atoms with E-state index in [4.69, 9.17) is 23.2 Å². The number of halogens is 2. The fourth-order valence-corrected chi connectivity index (χ4v) is 4.16. The molecule has 0 saturated carbocycles. The summed E-state index contributed by atoms with van der Waals surface area (Å²) in [4.78, 5) is 0.658. The van der Waals surface area contributed by atoms with Crippen molar-refractivity contribution in [2.24, 2.45) is 0 Å². The third-order valence-electron chi connectivity index (χ3n) is 4.27. The maximum atomic E-state index is 6.30. The first-order valence-corrected chi connectivity index (χ1v) is 9.85. The fraction of sp³-hybridized carbons (Fsp3) is 0.0556. The van der Waals surface area contributed by atoms with Crippen LogP contribution in [-0.2, 0) is 0 Å². The van der Waals surface area contributed by atoms with Gasteiger partial charge in [-0.25, -0.2) is 4.68 Å². The van der Waals surface area contributed by atoms with Crippen molar-refractivity contribution in [1.29, 1.82) is 0 Å². The van der Waals surface area contributed by atoms with Crippen molar-refractivity contribution in [3.8, 4) is 27.8 Å². The quantitative estimate of drug-likeness (QED) is 0.416. The molecule has 0 bridgehead atoms. The van der Waals surface area contributed by atoms with E-state index in [1.54, 1.807) is 9.20 Å².